The fraction of sp³-hybridized carbons (Fsp3) is 0.250. The lowest BCUT2D eigenvalue weighted by Gasteiger charge is -2.27. The Morgan fingerprint density at radius 3 is 2.16 bits per heavy atom. The van der Waals surface area contributed by atoms with Crippen LogP contribution in [0, 0.1) is 0 Å². The Balaban J connectivity index is 1.53. The van der Waals surface area contributed by atoms with Gasteiger partial charge in [0, 0.05) is 18.8 Å². The Morgan fingerprint density at radius 2 is 1.55 bits per heavy atom. The molecule has 0 bridgehead atoms. The monoisotopic (exact) mass is 436 g/mol. The Kier molecular flexibility index (Phi) is 5.17. The average Bonchev–Trinajstić information content (AvgIpc) is 3.13. The summed E-state index contributed by atoms with van der Waals surface area (Å²) in [5.74, 6) is 0.337. The van der Waals surface area contributed by atoms with Crippen molar-refractivity contribution in [1.29, 1.82) is 0 Å². The molecule has 0 amide bonds. The van der Waals surface area contributed by atoms with Gasteiger partial charge < -0.3 is 14.8 Å². The highest BCUT2D eigenvalue weighted by molar-refractivity contribution is 7.89. The van der Waals surface area contributed by atoms with Crippen LogP contribution in [-0.4, -0.2) is 46.1 Å². The summed E-state index contributed by atoms with van der Waals surface area (Å²) in [7, 11) is -2.20. The van der Waals surface area contributed by atoms with Gasteiger partial charge in [0.25, 0.3) is 0 Å². The third-order valence-electron chi connectivity index (χ3n) is 5.90. The zero-order valence-electron chi connectivity index (χ0n) is 17.2. The number of anilines is 1. The molecule has 1 heterocycles. The minimum absolute atomic E-state index is 0.0558. The van der Waals surface area contributed by atoms with E-state index in [0.29, 0.717) is 32.1 Å². The molecule has 3 aromatic carbocycles. The van der Waals surface area contributed by atoms with Crippen LogP contribution in [0.2, 0.25) is 0 Å². The van der Waals surface area contributed by atoms with E-state index >= 15 is 0 Å². The molecule has 3 aromatic rings. The molecule has 0 spiro atoms. The van der Waals surface area contributed by atoms with Gasteiger partial charge in [-0.25, -0.2) is 8.42 Å². The van der Waals surface area contributed by atoms with Crippen molar-refractivity contribution in [3.8, 4) is 16.9 Å². The molecule has 5 rings (SSSR count). The van der Waals surface area contributed by atoms with Gasteiger partial charge in [-0.05, 0) is 40.5 Å². The first kappa shape index (κ1) is 20.1. The molecule has 1 fully saturated rings. The maximum Gasteiger partial charge on any atom is 0.246 e. The maximum atomic E-state index is 13.3. The largest absolute Gasteiger partial charge is 0.495 e. The molecule has 1 saturated heterocycles. The van der Waals surface area contributed by atoms with E-state index in [1.807, 2.05) is 30.3 Å². The predicted molar refractivity (Wildman–Crippen MR) is 120 cm³/mol. The van der Waals surface area contributed by atoms with Gasteiger partial charge in [0.1, 0.15) is 10.6 Å². The molecule has 6 nitrogen and oxygen atoms in total. The lowest BCUT2D eigenvalue weighted by atomic mass is 10.1. The van der Waals surface area contributed by atoms with Crippen LogP contribution < -0.4 is 10.1 Å². The first-order chi connectivity index (χ1) is 15.1. The maximum absolute atomic E-state index is 13.3. The lowest BCUT2D eigenvalue weighted by Crippen LogP contribution is -2.40. The van der Waals surface area contributed by atoms with Crippen LogP contribution in [-0.2, 0) is 14.8 Å². The highest BCUT2D eigenvalue weighted by Gasteiger charge is 2.31. The SMILES string of the molecule is COc1ccc(NC2c3ccccc3-c3ccccc32)cc1S(=O)(=O)N1CCOCC1. The van der Waals surface area contributed by atoms with E-state index in [1.54, 1.807) is 12.1 Å². The fourth-order valence-electron chi connectivity index (χ4n) is 4.37. The van der Waals surface area contributed by atoms with E-state index in [9.17, 15) is 8.42 Å². The summed E-state index contributed by atoms with van der Waals surface area (Å²) >= 11 is 0. The lowest BCUT2D eigenvalue weighted by molar-refractivity contribution is 0.0729. The molecular weight excluding hydrogens is 412 g/mol. The van der Waals surface area contributed by atoms with E-state index < -0.39 is 10.0 Å². The summed E-state index contributed by atoms with van der Waals surface area (Å²) in [5.41, 5.74) is 5.48. The number of benzene rings is 3. The quantitative estimate of drug-likeness (QED) is 0.657. The normalized spacial score (nSPS) is 16.5. The molecule has 2 aliphatic rings. The van der Waals surface area contributed by atoms with Crippen LogP contribution in [0.4, 0.5) is 5.69 Å². The van der Waals surface area contributed by atoms with Crippen LogP contribution >= 0.6 is 0 Å². The number of methoxy groups -OCH3 is 1. The highest BCUT2D eigenvalue weighted by atomic mass is 32.2. The van der Waals surface area contributed by atoms with Crippen molar-refractivity contribution >= 4 is 15.7 Å². The molecule has 7 heteroatoms. The Labute approximate surface area is 182 Å². The summed E-state index contributed by atoms with van der Waals surface area (Å²) < 4.78 is 38.8. The van der Waals surface area contributed by atoms with Gasteiger partial charge in [-0.15, -0.1) is 0 Å². The van der Waals surface area contributed by atoms with Gasteiger partial charge >= 0.3 is 0 Å². The molecule has 1 N–H and O–H groups in total. The van der Waals surface area contributed by atoms with Gasteiger partial charge in [-0.2, -0.15) is 4.31 Å². The van der Waals surface area contributed by atoms with E-state index in [2.05, 4.69) is 29.6 Å². The van der Waals surface area contributed by atoms with E-state index in [4.69, 9.17) is 9.47 Å². The molecule has 0 atom stereocenters. The smallest absolute Gasteiger partial charge is 0.246 e. The van der Waals surface area contributed by atoms with Crippen molar-refractivity contribution in [2.45, 2.75) is 10.9 Å². The molecule has 0 aromatic heterocycles. The molecule has 1 aliphatic heterocycles. The fourth-order valence-corrected chi connectivity index (χ4v) is 5.96. The van der Waals surface area contributed by atoms with Crippen LogP contribution in [0.5, 0.6) is 5.75 Å². The predicted octanol–water partition coefficient (Wildman–Crippen LogP) is 3.90. The molecule has 31 heavy (non-hydrogen) atoms. The van der Waals surface area contributed by atoms with Crippen molar-refractivity contribution < 1.29 is 17.9 Å². The third kappa shape index (κ3) is 3.48. The molecular formula is C24H24N2O4S. The van der Waals surface area contributed by atoms with Crippen LogP contribution in [0.1, 0.15) is 17.2 Å². The Bertz CT molecular complexity index is 1170. The Hall–Kier alpha value is -2.87. The highest BCUT2D eigenvalue weighted by Crippen LogP contribution is 2.45. The van der Waals surface area contributed by atoms with Crippen molar-refractivity contribution in [3.05, 3.63) is 77.9 Å². The number of fused-ring (bicyclic) bond motifs is 3. The van der Waals surface area contributed by atoms with Crippen LogP contribution in [0.3, 0.4) is 0 Å². The molecule has 160 valence electrons. The molecule has 0 unspecified atom stereocenters. The number of nitrogens with zero attached hydrogens (tertiary/aromatic N) is 1. The third-order valence-corrected chi connectivity index (χ3v) is 7.82. The zero-order chi connectivity index (χ0) is 21.4. The summed E-state index contributed by atoms with van der Waals surface area (Å²) in [4.78, 5) is 0.168. The topological polar surface area (TPSA) is 67.9 Å². The van der Waals surface area contributed by atoms with Crippen LogP contribution in [0.25, 0.3) is 11.1 Å². The molecule has 0 saturated carbocycles. The first-order valence-electron chi connectivity index (χ1n) is 10.3. The molecule has 0 radical (unpaired) electrons. The second kappa shape index (κ2) is 8.00. The van der Waals surface area contributed by atoms with Crippen molar-refractivity contribution in [3.63, 3.8) is 0 Å². The minimum atomic E-state index is -3.69. The van der Waals surface area contributed by atoms with Crippen molar-refractivity contribution in [2.75, 3.05) is 38.7 Å². The van der Waals surface area contributed by atoms with Gasteiger partial charge in [-0.1, -0.05) is 48.5 Å². The van der Waals surface area contributed by atoms with Gasteiger partial charge in [0.15, 0.2) is 0 Å². The van der Waals surface area contributed by atoms with Gasteiger partial charge in [0.05, 0.1) is 26.4 Å². The number of hydrogen-bond donors (Lipinski definition) is 1. The van der Waals surface area contributed by atoms with E-state index in [1.165, 1.54) is 33.7 Å². The summed E-state index contributed by atoms with van der Waals surface area (Å²) in [6, 6.07) is 21.8. The molecule has 1 aliphatic carbocycles. The van der Waals surface area contributed by atoms with Crippen LogP contribution in [0.15, 0.2) is 71.6 Å². The van der Waals surface area contributed by atoms with E-state index in [-0.39, 0.29) is 10.9 Å². The number of ether oxygens (including phenoxy) is 2. The van der Waals surface area contributed by atoms with Crippen molar-refractivity contribution in [1.82, 2.24) is 4.31 Å². The zero-order valence-corrected chi connectivity index (χ0v) is 18.1. The first-order valence-corrected chi connectivity index (χ1v) is 11.7. The number of rotatable bonds is 5. The van der Waals surface area contributed by atoms with Gasteiger partial charge in [0.2, 0.25) is 10.0 Å². The van der Waals surface area contributed by atoms with Gasteiger partial charge in [-0.3, -0.25) is 0 Å². The number of nitrogens with one attached hydrogen (secondary N) is 1. The summed E-state index contributed by atoms with van der Waals surface area (Å²) in [5, 5.41) is 3.56. The number of hydrogen-bond acceptors (Lipinski definition) is 5. The minimum Gasteiger partial charge on any atom is -0.495 e. The standard InChI is InChI=1S/C24H24N2O4S/c1-29-22-11-10-17(16-23(22)31(27,28)26-12-14-30-15-13-26)25-24-20-8-4-2-6-18(20)19-7-3-5-9-21(19)24/h2-11,16,24-25H,12-15H2,1H3. The Morgan fingerprint density at radius 1 is 0.935 bits per heavy atom. The summed E-state index contributed by atoms with van der Waals surface area (Å²) in [6.45, 7) is 1.48. The summed E-state index contributed by atoms with van der Waals surface area (Å²) in [6.07, 6.45) is 0. The van der Waals surface area contributed by atoms with Crippen molar-refractivity contribution in [2.24, 2.45) is 0 Å². The second-order valence-corrected chi connectivity index (χ2v) is 9.54. The average molecular weight is 437 g/mol. The second-order valence-electron chi connectivity index (χ2n) is 7.63. The van der Waals surface area contributed by atoms with E-state index in [0.717, 1.165) is 5.69 Å². The number of sulfonamides is 1. The number of morpholine rings is 1.